The lowest BCUT2D eigenvalue weighted by atomic mass is 9.96. The number of carbonyl (C=O) groups is 2. The molecular formula is C23H34N2O5. The zero-order valence-electron chi connectivity index (χ0n) is 18.7. The van der Waals surface area contributed by atoms with Gasteiger partial charge in [-0.25, -0.2) is 4.79 Å². The van der Waals surface area contributed by atoms with Crippen LogP contribution in [0.3, 0.4) is 0 Å². The van der Waals surface area contributed by atoms with Crippen LogP contribution in [-0.2, 0) is 22.5 Å². The van der Waals surface area contributed by atoms with Gasteiger partial charge < -0.3 is 24.4 Å². The van der Waals surface area contributed by atoms with Crippen LogP contribution < -0.4 is 14.8 Å². The van der Waals surface area contributed by atoms with Gasteiger partial charge in [0.2, 0.25) is 5.91 Å². The molecular weight excluding hydrogens is 384 g/mol. The molecule has 166 valence electrons. The third-order valence-electron chi connectivity index (χ3n) is 5.35. The topological polar surface area (TPSA) is 77.1 Å². The first-order valence-corrected chi connectivity index (χ1v) is 10.9. The van der Waals surface area contributed by atoms with E-state index in [4.69, 9.17) is 14.2 Å². The number of ether oxygens (including phenoxy) is 3. The van der Waals surface area contributed by atoms with Crippen LogP contribution in [0.25, 0.3) is 0 Å². The lowest BCUT2D eigenvalue weighted by Gasteiger charge is -2.33. The van der Waals surface area contributed by atoms with Gasteiger partial charge in [0.25, 0.3) is 0 Å². The molecule has 2 aliphatic rings. The van der Waals surface area contributed by atoms with E-state index in [2.05, 4.69) is 5.32 Å². The predicted molar refractivity (Wildman–Crippen MR) is 114 cm³/mol. The summed E-state index contributed by atoms with van der Waals surface area (Å²) in [5.41, 5.74) is 1.56. The Labute approximate surface area is 179 Å². The summed E-state index contributed by atoms with van der Waals surface area (Å²) in [6.07, 6.45) is 1.99. The first kappa shape index (κ1) is 22.2. The van der Waals surface area contributed by atoms with Crippen LogP contribution in [-0.4, -0.2) is 48.3 Å². The Kier molecular flexibility index (Phi) is 6.78. The van der Waals surface area contributed by atoms with Gasteiger partial charge in [0.15, 0.2) is 0 Å². The smallest absolute Gasteiger partial charge is 0.410 e. The van der Waals surface area contributed by atoms with Crippen LogP contribution in [0.15, 0.2) is 12.1 Å². The van der Waals surface area contributed by atoms with E-state index in [1.54, 1.807) is 4.90 Å². The maximum absolute atomic E-state index is 12.7. The van der Waals surface area contributed by atoms with E-state index in [0.29, 0.717) is 39.1 Å². The minimum Gasteiger partial charge on any atom is -0.494 e. The number of amides is 2. The molecule has 1 aromatic rings. The Bertz CT molecular complexity index is 779. The highest BCUT2D eigenvalue weighted by atomic mass is 16.6. The summed E-state index contributed by atoms with van der Waals surface area (Å²) in [6.45, 7) is 11.6. The highest BCUT2D eigenvalue weighted by Gasteiger charge is 2.30. The van der Waals surface area contributed by atoms with Crippen molar-refractivity contribution in [2.45, 2.75) is 72.1 Å². The summed E-state index contributed by atoms with van der Waals surface area (Å²) in [5.74, 6) is 1.58. The first-order chi connectivity index (χ1) is 14.2. The van der Waals surface area contributed by atoms with Crippen LogP contribution in [0, 0.1) is 5.92 Å². The fourth-order valence-electron chi connectivity index (χ4n) is 3.89. The van der Waals surface area contributed by atoms with Gasteiger partial charge in [-0.3, -0.25) is 4.79 Å². The number of likely N-dealkylation sites (tertiary alicyclic amines) is 1. The number of piperidine rings is 1. The second-order valence-electron chi connectivity index (χ2n) is 9.09. The lowest BCUT2D eigenvalue weighted by Crippen LogP contribution is -2.44. The molecule has 30 heavy (non-hydrogen) atoms. The van der Waals surface area contributed by atoms with Crippen molar-refractivity contribution in [1.82, 2.24) is 10.2 Å². The largest absolute Gasteiger partial charge is 0.494 e. The van der Waals surface area contributed by atoms with Crippen molar-refractivity contribution in [1.29, 1.82) is 0 Å². The first-order valence-electron chi connectivity index (χ1n) is 10.9. The lowest BCUT2D eigenvalue weighted by molar-refractivity contribution is -0.126. The minimum absolute atomic E-state index is 0.0103. The summed E-state index contributed by atoms with van der Waals surface area (Å²) >= 11 is 0. The molecule has 2 amide bonds. The Balaban J connectivity index is 1.54. The fourth-order valence-corrected chi connectivity index (χ4v) is 3.89. The quantitative estimate of drug-likeness (QED) is 0.789. The number of nitrogens with one attached hydrogen (secondary N) is 1. The van der Waals surface area contributed by atoms with Crippen LogP contribution in [0.4, 0.5) is 4.79 Å². The Morgan fingerprint density at radius 1 is 1.23 bits per heavy atom. The normalized spacial score (nSPS) is 19.1. The highest BCUT2D eigenvalue weighted by molar-refractivity contribution is 5.79. The average molecular weight is 419 g/mol. The number of rotatable bonds is 5. The second-order valence-corrected chi connectivity index (χ2v) is 9.09. The van der Waals surface area contributed by atoms with Crippen LogP contribution >= 0.6 is 0 Å². The van der Waals surface area contributed by atoms with Crippen LogP contribution in [0.2, 0.25) is 0 Å². The monoisotopic (exact) mass is 418 g/mol. The third-order valence-corrected chi connectivity index (χ3v) is 5.35. The standard InChI is InChI=1S/C23H34N2O5/c1-6-28-19-12-17-11-15(2)29-20(17)13-18(19)14-24-21(26)16-7-9-25(10-8-16)22(27)30-23(3,4)5/h12-13,15-16H,6-11,14H2,1-5H3,(H,24,26)/t15-/m1/s1. The SMILES string of the molecule is CCOc1cc2c(cc1CNC(=O)C1CCN(C(=O)OC(C)(C)C)CC1)O[C@H](C)C2. The molecule has 2 aliphatic heterocycles. The summed E-state index contributed by atoms with van der Waals surface area (Å²) in [4.78, 5) is 26.6. The van der Waals surface area contributed by atoms with Crippen molar-refractivity contribution < 1.29 is 23.8 Å². The zero-order valence-corrected chi connectivity index (χ0v) is 18.7. The summed E-state index contributed by atoms with van der Waals surface area (Å²) < 4.78 is 17.1. The minimum atomic E-state index is -0.513. The molecule has 0 radical (unpaired) electrons. The van der Waals surface area contributed by atoms with Crippen molar-refractivity contribution in [3.8, 4) is 11.5 Å². The number of nitrogens with zero attached hydrogens (tertiary/aromatic N) is 1. The molecule has 1 atom stereocenters. The van der Waals surface area contributed by atoms with E-state index in [9.17, 15) is 9.59 Å². The van der Waals surface area contributed by atoms with Crippen molar-refractivity contribution in [3.63, 3.8) is 0 Å². The maximum Gasteiger partial charge on any atom is 0.410 e. The van der Waals surface area contributed by atoms with Crippen LogP contribution in [0.5, 0.6) is 11.5 Å². The molecule has 0 aromatic heterocycles. The van der Waals surface area contributed by atoms with Gasteiger partial charge in [-0.2, -0.15) is 0 Å². The van der Waals surface area contributed by atoms with E-state index in [-0.39, 0.29) is 24.0 Å². The number of hydrogen-bond donors (Lipinski definition) is 1. The van der Waals surface area contributed by atoms with E-state index in [1.807, 2.05) is 46.8 Å². The third kappa shape index (κ3) is 5.58. The van der Waals surface area contributed by atoms with Crippen molar-refractivity contribution in [2.75, 3.05) is 19.7 Å². The van der Waals surface area contributed by atoms with Gasteiger partial charge in [0.1, 0.15) is 23.2 Å². The maximum atomic E-state index is 12.7. The molecule has 7 nitrogen and oxygen atoms in total. The number of hydrogen-bond acceptors (Lipinski definition) is 5. The molecule has 1 saturated heterocycles. The summed E-state index contributed by atoms with van der Waals surface area (Å²) in [7, 11) is 0. The molecule has 2 heterocycles. The molecule has 0 aliphatic carbocycles. The fraction of sp³-hybridized carbons (Fsp3) is 0.652. The Hall–Kier alpha value is -2.44. The molecule has 1 aromatic carbocycles. The van der Waals surface area contributed by atoms with E-state index in [1.165, 1.54) is 0 Å². The van der Waals surface area contributed by atoms with E-state index >= 15 is 0 Å². The summed E-state index contributed by atoms with van der Waals surface area (Å²) in [6, 6.07) is 4.01. The highest BCUT2D eigenvalue weighted by Crippen LogP contribution is 2.35. The van der Waals surface area contributed by atoms with Gasteiger partial charge in [0.05, 0.1) is 6.61 Å². The average Bonchev–Trinajstić information content (AvgIpc) is 3.03. The van der Waals surface area contributed by atoms with Gasteiger partial charge in [-0.15, -0.1) is 0 Å². The Morgan fingerprint density at radius 3 is 2.57 bits per heavy atom. The van der Waals surface area contributed by atoms with Gasteiger partial charge in [-0.1, -0.05) is 0 Å². The molecule has 0 unspecified atom stereocenters. The van der Waals surface area contributed by atoms with Crippen LogP contribution in [0.1, 0.15) is 58.6 Å². The number of benzene rings is 1. The molecule has 7 heteroatoms. The zero-order chi connectivity index (χ0) is 21.9. The number of fused-ring (bicyclic) bond motifs is 1. The molecule has 0 spiro atoms. The van der Waals surface area contributed by atoms with E-state index in [0.717, 1.165) is 29.0 Å². The molecule has 0 bridgehead atoms. The molecule has 0 saturated carbocycles. The van der Waals surface area contributed by atoms with Crippen molar-refractivity contribution in [3.05, 3.63) is 23.3 Å². The molecule has 1 fully saturated rings. The second kappa shape index (κ2) is 9.14. The van der Waals surface area contributed by atoms with Crippen molar-refractivity contribution >= 4 is 12.0 Å². The van der Waals surface area contributed by atoms with Crippen molar-refractivity contribution in [2.24, 2.45) is 5.92 Å². The molecule has 1 N–H and O–H groups in total. The summed E-state index contributed by atoms with van der Waals surface area (Å²) in [5, 5.41) is 3.04. The predicted octanol–water partition coefficient (Wildman–Crippen LogP) is 3.67. The molecule has 3 rings (SSSR count). The Morgan fingerprint density at radius 2 is 1.93 bits per heavy atom. The van der Waals surface area contributed by atoms with Gasteiger partial charge in [0, 0.05) is 43.1 Å². The van der Waals surface area contributed by atoms with Gasteiger partial charge >= 0.3 is 6.09 Å². The van der Waals surface area contributed by atoms with E-state index < -0.39 is 5.60 Å². The number of carbonyl (C=O) groups excluding carboxylic acids is 2. The van der Waals surface area contributed by atoms with Gasteiger partial charge in [-0.05, 0) is 59.6 Å².